The van der Waals surface area contributed by atoms with Crippen molar-refractivity contribution in [3.05, 3.63) is 36.7 Å². The molecule has 0 atom stereocenters. The molecule has 13 heavy (non-hydrogen) atoms. The van der Waals surface area contributed by atoms with Gasteiger partial charge in [-0.15, -0.1) is 0 Å². The van der Waals surface area contributed by atoms with Crippen LogP contribution in [0.2, 0.25) is 0 Å². The standard InChI is InChI=1S/C8H5N5/c9-4-7-3-8(1-2-11-7)13-6-10-5-12-13/h1-3,5-6H. The first-order valence-corrected chi connectivity index (χ1v) is 3.61. The lowest BCUT2D eigenvalue weighted by Crippen LogP contribution is -1.95. The maximum Gasteiger partial charge on any atom is 0.142 e. The molecule has 2 aromatic rings. The second-order valence-corrected chi connectivity index (χ2v) is 2.35. The maximum absolute atomic E-state index is 8.60. The normalized spacial score (nSPS) is 9.46. The van der Waals surface area contributed by atoms with E-state index in [1.807, 2.05) is 6.07 Å². The molecule has 5 heteroatoms. The molecule has 0 saturated heterocycles. The van der Waals surface area contributed by atoms with Gasteiger partial charge in [0.05, 0.1) is 5.69 Å². The average Bonchev–Trinajstić information content (AvgIpc) is 2.71. The molecule has 0 N–H and O–H groups in total. The third-order valence-electron chi connectivity index (χ3n) is 1.54. The highest BCUT2D eigenvalue weighted by Crippen LogP contribution is 2.04. The summed E-state index contributed by atoms with van der Waals surface area (Å²) < 4.78 is 1.57. The lowest BCUT2D eigenvalue weighted by atomic mass is 10.3. The summed E-state index contributed by atoms with van der Waals surface area (Å²) >= 11 is 0. The monoisotopic (exact) mass is 171 g/mol. The van der Waals surface area contributed by atoms with Gasteiger partial charge in [-0.2, -0.15) is 10.4 Å². The van der Waals surface area contributed by atoms with E-state index in [9.17, 15) is 0 Å². The predicted molar refractivity (Wildman–Crippen MR) is 43.9 cm³/mol. The molecule has 0 aromatic carbocycles. The van der Waals surface area contributed by atoms with Crippen molar-refractivity contribution >= 4 is 0 Å². The Morgan fingerprint density at radius 3 is 3.08 bits per heavy atom. The third kappa shape index (κ3) is 1.37. The summed E-state index contributed by atoms with van der Waals surface area (Å²) in [5, 5.41) is 12.5. The largest absolute Gasteiger partial charge is 0.245 e. The van der Waals surface area contributed by atoms with Gasteiger partial charge in [0, 0.05) is 12.3 Å². The molecule has 0 fully saturated rings. The molecule has 2 aromatic heterocycles. The van der Waals surface area contributed by atoms with E-state index >= 15 is 0 Å². The molecule has 2 rings (SSSR count). The summed E-state index contributed by atoms with van der Waals surface area (Å²) in [6.07, 6.45) is 4.57. The molecular formula is C8H5N5. The van der Waals surface area contributed by atoms with Crippen molar-refractivity contribution in [3.63, 3.8) is 0 Å². The topological polar surface area (TPSA) is 67.4 Å². The van der Waals surface area contributed by atoms with Crippen LogP contribution in [0.1, 0.15) is 5.69 Å². The van der Waals surface area contributed by atoms with Crippen molar-refractivity contribution in [2.45, 2.75) is 0 Å². The third-order valence-corrected chi connectivity index (χ3v) is 1.54. The van der Waals surface area contributed by atoms with Crippen molar-refractivity contribution in [2.75, 3.05) is 0 Å². The van der Waals surface area contributed by atoms with Crippen LogP contribution in [0, 0.1) is 11.3 Å². The van der Waals surface area contributed by atoms with E-state index in [2.05, 4.69) is 15.1 Å². The van der Waals surface area contributed by atoms with Crippen LogP contribution in [-0.4, -0.2) is 19.7 Å². The summed E-state index contributed by atoms with van der Waals surface area (Å²) in [5.74, 6) is 0. The molecule has 0 bridgehead atoms. The number of hydrogen-bond donors (Lipinski definition) is 0. The molecule has 5 nitrogen and oxygen atoms in total. The van der Waals surface area contributed by atoms with E-state index in [0.29, 0.717) is 5.69 Å². The van der Waals surface area contributed by atoms with Crippen LogP contribution in [0.25, 0.3) is 5.69 Å². The van der Waals surface area contributed by atoms with E-state index in [1.165, 1.54) is 6.33 Å². The molecule has 0 saturated carbocycles. The van der Waals surface area contributed by atoms with Gasteiger partial charge in [0.1, 0.15) is 24.4 Å². The fraction of sp³-hybridized carbons (Fsp3) is 0. The van der Waals surface area contributed by atoms with Gasteiger partial charge < -0.3 is 0 Å². The van der Waals surface area contributed by atoms with Crippen molar-refractivity contribution in [1.82, 2.24) is 19.7 Å². The molecule has 0 amide bonds. The van der Waals surface area contributed by atoms with Gasteiger partial charge in [0.15, 0.2) is 0 Å². The minimum atomic E-state index is 0.369. The number of aromatic nitrogens is 4. The zero-order valence-electron chi connectivity index (χ0n) is 6.62. The van der Waals surface area contributed by atoms with E-state index in [4.69, 9.17) is 5.26 Å². The zero-order chi connectivity index (χ0) is 9.10. The first kappa shape index (κ1) is 7.43. The molecule has 0 radical (unpaired) electrons. The Labute approximate surface area is 74.3 Å². The minimum absolute atomic E-state index is 0.369. The fourth-order valence-electron chi connectivity index (χ4n) is 0.965. The highest BCUT2D eigenvalue weighted by molar-refractivity contribution is 5.35. The molecule has 0 spiro atoms. The molecule has 62 valence electrons. The van der Waals surface area contributed by atoms with Crippen LogP contribution in [0.15, 0.2) is 31.0 Å². The summed E-state index contributed by atoms with van der Waals surface area (Å²) in [6, 6.07) is 5.36. The molecule has 0 aliphatic carbocycles. The van der Waals surface area contributed by atoms with E-state index < -0.39 is 0 Å². The maximum atomic E-state index is 8.60. The van der Waals surface area contributed by atoms with Gasteiger partial charge in [0.2, 0.25) is 0 Å². The fourth-order valence-corrected chi connectivity index (χ4v) is 0.965. The van der Waals surface area contributed by atoms with Crippen LogP contribution >= 0.6 is 0 Å². The summed E-state index contributed by atoms with van der Waals surface area (Å²) in [7, 11) is 0. The molecule has 0 aliphatic rings. The van der Waals surface area contributed by atoms with E-state index in [0.717, 1.165) is 5.69 Å². The first-order chi connectivity index (χ1) is 6.40. The zero-order valence-corrected chi connectivity index (χ0v) is 6.62. The Hall–Kier alpha value is -2.22. The average molecular weight is 171 g/mol. The van der Waals surface area contributed by atoms with Crippen LogP contribution in [0.3, 0.4) is 0 Å². The van der Waals surface area contributed by atoms with Crippen molar-refractivity contribution in [2.24, 2.45) is 0 Å². The van der Waals surface area contributed by atoms with Crippen LogP contribution in [0.4, 0.5) is 0 Å². The van der Waals surface area contributed by atoms with Crippen molar-refractivity contribution in [3.8, 4) is 11.8 Å². The first-order valence-electron chi connectivity index (χ1n) is 3.61. The Morgan fingerprint density at radius 1 is 1.46 bits per heavy atom. The number of hydrogen-bond acceptors (Lipinski definition) is 4. The smallest absolute Gasteiger partial charge is 0.142 e. The predicted octanol–water partition coefficient (Wildman–Crippen LogP) is 0.534. The number of rotatable bonds is 1. The summed E-state index contributed by atoms with van der Waals surface area (Å²) in [4.78, 5) is 7.65. The Balaban J connectivity index is 2.49. The van der Waals surface area contributed by atoms with E-state index in [-0.39, 0.29) is 0 Å². The lowest BCUT2D eigenvalue weighted by molar-refractivity contribution is 0.875. The SMILES string of the molecule is N#Cc1cc(-n2cncn2)ccn1. The van der Waals surface area contributed by atoms with E-state index in [1.54, 1.807) is 29.3 Å². The summed E-state index contributed by atoms with van der Waals surface area (Å²) in [6.45, 7) is 0. The summed E-state index contributed by atoms with van der Waals surface area (Å²) in [5.41, 5.74) is 1.15. The van der Waals surface area contributed by atoms with Gasteiger partial charge in [-0.25, -0.2) is 14.6 Å². The number of nitrogens with zero attached hydrogens (tertiary/aromatic N) is 5. The highest BCUT2D eigenvalue weighted by atomic mass is 15.3. The van der Waals surface area contributed by atoms with Gasteiger partial charge in [-0.05, 0) is 6.07 Å². The minimum Gasteiger partial charge on any atom is -0.245 e. The van der Waals surface area contributed by atoms with Gasteiger partial charge >= 0.3 is 0 Å². The quantitative estimate of drug-likeness (QED) is 0.627. The van der Waals surface area contributed by atoms with Gasteiger partial charge in [-0.3, -0.25) is 0 Å². The van der Waals surface area contributed by atoms with Crippen LogP contribution < -0.4 is 0 Å². The van der Waals surface area contributed by atoms with Gasteiger partial charge in [-0.1, -0.05) is 0 Å². The number of pyridine rings is 1. The highest BCUT2D eigenvalue weighted by Gasteiger charge is 1.97. The van der Waals surface area contributed by atoms with Crippen molar-refractivity contribution in [1.29, 1.82) is 5.26 Å². The Morgan fingerprint density at radius 2 is 2.38 bits per heavy atom. The Kier molecular flexibility index (Phi) is 1.73. The Bertz CT molecular complexity index is 440. The van der Waals surface area contributed by atoms with Crippen molar-refractivity contribution < 1.29 is 0 Å². The second-order valence-electron chi connectivity index (χ2n) is 2.35. The van der Waals surface area contributed by atoms with Crippen LogP contribution in [-0.2, 0) is 0 Å². The lowest BCUT2D eigenvalue weighted by Gasteiger charge is -1.98. The van der Waals surface area contributed by atoms with Crippen LogP contribution in [0.5, 0.6) is 0 Å². The second kappa shape index (κ2) is 3.03. The molecular weight excluding hydrogens is 166 g/mol. The molecule has 0 aliphatic heterocycles. The number of nitriles is 1. The molecule has 0 unspecified atom stereocenters. The van der Waals surface area contributed by atoms with Gasteiger partial charge in [0.25, 0.3) is 0 Å². The molecule has 2 heterocycles.